The number of aromatic nitrogens is 1. The van der Waals surface area contributed by atoms with E-state index in [1.165, 1.54) is 12.1 Å². The number of nitrogens with zero attached hydrogens (tertiary/aromatic N) is 1. The van der Waals surface area contributed by atoms with Gasteiger partial charge in [-0.3, -0.25) is 9.59 Å². The molecule has 150 valence electrons. The van der Waals surface area contributed by atoms with Crippen molar-refractivity contribution in [3.8, 4) is 0 Å². The van der Waals surface area contributed by atoms with Crippen molar-refractivity contribution in [3.05, 3.63) is 72.2 Å². The van der Waals surface area contributed by atoms with Crippen molar-refractivity contribution in [1.29, 1.82) is 0 Å². The second kappa shape index (κ2) is 8.47. The van der Waals surface area contributed by atoms with Gasteiger partial charge in [0.25, 0.3) is 0 Å². The molecule has 0 radical (unpaired) electrons. The molecule has 0 bridgehead atoms. The average Bonchev–Trinajstić information content (AvgIpc) is 3.31. The number of amides is 2. The van der Waals surface area contributed by atoms with Crippen LogP contribution < -0.4 is 10.6 Å². The summed E-state index contributed by atoms with van der Waals surface area (Å²) in [5, 5.41) is 7.23. The number of halogens is 1. The van der Waals surface area contributed by atoms with Crippen LogP contribution in [0.1, 0.15) is 24.8 Å². The zero-order chi connectivity index (χ0) is 20.2. The number of para-hydroxylation sites is 1. The summed E-state index contributed by atoms with van der Waals surface area (Å²) in [6.07, 6.45) is 4.57. The molecular weight excluding hydrogens is 369 g/mol. The monoisotopic (exact) mass is 393 g/mol. The lowest BCUT2D eigenvalue weighted by Crippen LogP contribution is -2.38. The van der Waals surface area contributed by atoms with Crippen molar-refractivity contribution in [2.75, 3.05) is 0 Å². The molecular formula is C23H24FN3O2. The highest BCUT2D eigenvalue weighted by molar-refractivity contribution is 5.83. The van der Waals surface area contributed by atoms with E-state index in [1.807, 2.05) is 41.1 Å². The maximum atomic E-state index is 13.0. The Labute approximate surface area is 168 Å². The summed E-state index contributed by atoms with van der Waals surface area (Å²) in [5.41, 5.74) is 1.82. The molecule has 4 rings (SSSR count). The summed E-state index contributed by atoms with van der Waals surface area (Å²) in [5.74, 6) is -0.404. The Balaban J connectivity index is 1.24. The maximum absolute atomic E-state index is 13.0. The second-order valence-electron chi connectivity index (χ2n) is 7.65. The molecule has 1 fully saturated rings. The number of carbonyl (C=O) groups is 2. The van der Waals surface area contributed by atoms with Crippen LogP contribution in [0.3, 0.4) is 0 Å². The number of rotatable bonds is 6. The molecule has 0 spiro atoms. The highest BCUT2D eigenvalue weighted by atomic mass is 19.1. The molecule has 1 aliphatic carbocycles. The van der Waals surface area contributed by atoms with Gasteiger partial charge in [-0.2, -0.15) is 0 Å². The Morgan fingerprint density at radius 3 is 2.38 bits per heavy atom. The van der Waals surface area contributed by atoms with Gasteiger partial charge in [-0.25, -0.2) is 4.39 Å². The molecule has 3 aromatic rings. The van der Waals surface area contributed by atoms with Crippen molar-refractivity contribution in [3.63, 3.8) is 0 Å². The molecule has 2 aromatic carbocycles. The van der Waals surface area contributed by atoms with Gasteiger partial charge in [-0.1, -0.05) is 30.3 Å². The summed E-state index contributed by atoms with van der Waals surface area (Å²) in [4.78, 5) is 24.7. The van der Waals surface area contributed by atoms with E-state index in [2.05, 4.69) is 10.6 Å². The second-order valence-corrected chi connectivity index (χ2v) is 7.65. The minimum Gasteiger partial charge on any atom is -0.353 e. The SMILES string of the molecule is O=C(Cn1ccc2ccccc21)N[C@@H]1CC[C@H](NC(=O)Cc2ccc(F)cc2)C1. The van der Waals surface area contributed by atoms with Gasteiger partial charge < -0.3 is 15.2 Å². The number of hydrogen-bond acceptors (Lipinski definition) is 2. The lowest BCUT2D eigenvalue weighted by atomic mass is 10.1. The zero-order valence-electron chi connectivity index (χ0n) is 16.1. The quantitative estimate of drug-likeness (QED) is 0.676. The van der Waals surface area contributed by atoms with E-state index < -0.39 is 0 Å². The van der Waals surface area contributed by atoms with Crippen molar-refractivity contribution in [1.82, 2.24) is 15.2 Å². The smallest absolute Gasteiger partial charge is 0.240 e. The van der Waals surface area contributed by atoms with Gasteiger partial charge in [0.05, 0.1) is 6.42 Å². The van der Waals surface area contributed by atoms with Crippen LogP contribution in [0.2, 0.25) is 0 Å². The standard InChI is InChI=1S/C23H24FN3O2/c24-18-7-5-16(6-8-18)13-22(28)25-19-9-10-20(14-19)26-23(29)15-27-12-11-17-3-1-2-4-21(17)27/h1-8,11-12,19-20H,9-10,13-15H2,(H,25,28)(H,26,29)/t19-,20+/m0/s1. The minimum absolute atomic E-state index is 0.0189. The van der Waals surface area contributed by atoms with E-state index in [0.717, 1.165) is 35.7 Å². The van der Waals surface area contributed by atoms with Crippen LogP contribution in [0, 0.1) is 5.82 Å². The van der Waals surface area contributed by atoms with Crippen LogP contribution in [0.5, 0.6) is 0 Å². The number of carbonyl (C=O) groups excluding carboxylic acids is 2. The predicted molar refractivity (Wildman–Crippen MR) is 110 cm³/mol. The number of nitrogens with one attached hydrogen (secondary N) is 2. The first kappa shape index (κ1) is 19.2. The van der Waals surface area contributed by atoms with E-state index >= 15 is 0 Å². The fourth-order valence-corrected chi connectivity index (χ4v) is 4.02. The third-order valence-electron chi connectivity index (χ3n) is 5.43. The molecule has 29 heavy (non-hydrogen) atoms. The van der Waals surface area contributed by atoms with Crippen LogP contribution in [-0.4, -0.2) is 28.5 Å². The highest BCUT2D eigenvalue weighted by Gasteiger charge is 2.27. The van der Waals surface area contributed by atoms with Crippen molar-refractivity contribution in [2.45, 2.75) is 44.3 Å². The Morgan fingerprint density at radius 2 is 1.62 bits per heavy atom. The molecule has 0 unspecified atom stereocenters. The number of fused-ring (bicyclic) bond motifs is 1. The van der Waals surface area contributed by atoms with E-state index in [-0.39, 0.29) is 42.7 Å². The van der Waals surface area contributed by atoms with Crippen LogP contribution in [0.4, 0.5) is 4.39 Å². The third kappa shape index (κ3) is 4.83. The first-order valence-corrected chi connectivity index (χ1v) is 9.94. The van der Waals surface area contributed by atoms with Gasteiger partial charge in [0.15, 0.2) is 0 Å². The molecule has 1 aromatic heterocycles. The van der Waals surface area contributed by atoms with E-state index in [0.29, 0.717) is 0 Å². The molecule has 0 aliphatic heterocycles. The summed E-state index contributed by atoms with van der Waals surface area (Å²) in [6.45, 7) is 0.283. The molecule has 0 saturated heterocycles. The van der Waals surface area contributed by atoms with Crippen molar-refractivity contribution in [2.24, 2.45) is 0 Å². The fraction of sp³-hybridized carbons (Fsp3) is 0.304. The molecule has 1 saturated carbocycles. The van der Waals surface area contributed by atoms with Gasteiger partial charge in [0, 0.05) is 23.8 Å². The Hall–Kier alpha value is -3.15. The van der Waals surface area contributed by atoms with Crippen molar-refractivity contribution >= 4 is 22.7 Å². The molecule has 2 amide bonds. The molecule has 5 nitrogen and oxygen atoms in total. The average molecular weight is 393 g/mol. The fourth-order valence-electron chi connectivity index (χ4n) is 4.02. The van der Waals surface area contributed by atoms with E-state index in [1.54, 1.807) is 12.1 Å². The molecule has 6 heteroatoms. The predicted octanol–water partition coefficient (Wildman–Crippen LogP) is 3.18. The zero-order valence-corrected chi connectivity index (χ0v) is 16.1. The van der Waals surface area contributed by atoms with Gasteiger partial charge in [-0.15, -0.1) is 0 Å². The van der Waals surface area contributed by atoms with Crippen LogP contribution in [0.25, 0.3) is 10.9 Å². The van der Waals surface area contributed by atoms with Gasteiger partial charge in [0.1, 0.15) is 12.4 Å². The van der Waals surface area contributed by atoms with Crippen molar-refractivity contribution < 1.29 is 14.0 Å². The summed E-state index contributed by atoms with van der Waals surface area (Å²) in [6, 6.07) is 16.1. The third-order valence-corrected chi connectivity index (χ3v) is 5.43. The van der Waals surface area contributed by atoms with Crippen LogP contribution >= 0.6 is 0 Å². The topological polar surface area (TPSA) is 63.1 Å². The largest absolute Gasteiger partial charge is 0.353 e. The lowest BCUT2D eigenvalue weighted by Gasteiger charge is -2.15. The van der Waals surface area contributed by atoms with Crippen LogP contribution in [-0.2, 0) is 22.6 Å². The van der Waals surface area contributed by atoms with Crippen LogP contribution in [0.15, 0.2) is 60.8 Å². The molecule has 1 heterocycles. The number of hydrogen-bond donors (Lipinski definition) is 2. The normalized spacial score (nSPS) is 18.7. The van der Waals surface area contributed by atoms with Gasteiger partial charge >= 0.3 is 0 Å². The number of benzene rings is 2. The molecule has 1 aliphatic rings. The van der Waals surface area contributed by atoms with E-state index in [4.69, 9.17) is 0 Å². The lowest BCUT2D eigenvalue weighted by molar-refractivity contribution is -0.122. The Morgan fingerprint density at radius 1 is 0.931 bits per heavy atom. The van der Waals surface area contributed by atoms with Gasteiger partial charge in [0.2, 0.25) is 11.8 Å². The Bertz CT molecular complexity index is 1010. The summed E-state index contributed by atoms with van der Waals surface area (Å²) >= 11 is 0. The minimum atomic E-state index is -0.309. The summed E-state index contributed by atoms with van der Waals surface area (Å²) < 4.78 is 14.9. The first-order valence-electron chi connectivity index (χ1n) is 9.94. The maximum Gasteiger partial charge on any atom is 0.240 e. The van der Waals surface area contributed by atoms with Gasteiger partial charge in [-0.05, 0) is 54.5 Å². The first-order chi connectivity index (χ1) is 14.1. The Kier molecular flexibility index (Phi) is 5.60. The molecule has 2 N–H and O–H groups in total. The molecule has 2 atom stereocenters. The van der Waals surface area contributed by atoms with E-state index in [9.17, 15) is 14.0 Å². The summed E-state index contributed by atoms with van der Waals surface area (Å²) in [7, 11) is 0. The highest BCUT2D eigenvalue weighted by Crippen LogP contribution is 2.20.